The van der Waals surface area contributed by atoms with Crippen molar-refractivity contribution >= 4 is 0 Å². The maximum Gasteiger partial charge on any atom is -0.00445 e. The lowest BCUT2D eigenvalue weighted by atomic mass is 10.2. The first-order valence-corrected chi connectivity index (χ1v) is 6.44. The van der Waals surface area contributed by atoms with Gasteiger partial charge in [0.1, 0.15) is 0 Å². The molecule has 0 spiro atoms. The molecule has 2 bridgehead atoms. The van der Waals surface area contributed by atoms with Crippen molar-refractivity contribution in [3.05, 3.63) is 74.9 Å². The highest BCUT2D eigenvalue weighted by Gasteiger charge is 2.19. The van der Waals surface area contributed by atoms with Gasteiger partial charge in [0.05, 0.1) is 0 Å². The second-order valence-corrected chi connectivity index (χ2v) is 3.83. The SMILES string of the molecule is C1=CC2C=CC1C2.C=C.C=CC.C=CC/C=C/C. The first-order chi connectivity index (χ1) is 8.78. The molecule has 0 aliphatic heterocycles. The number of hydrogen-bond acceptors (Lipinski definition) is 0. The predicted molar refractivity (Wildman–Crippen MR) is 86.6 cm³/mol. The molecule has 2 rings (SSSR count). The lowest BCUT2D eigenvalue weighted by Gasteiger charge is -1.88. The van der Waals surface area contributed by atoms with Crippen molar-refractivity contribution in [2.75, 3.05) is 0 Å². The molecule has 2 aliphatic rings. The highest BCUT2D eigenvalue weighted by molar-refractivity contribution is 5.21. The van der Waals surface area contributed by atoms with Gasteiger partial charge in [0.15, 0.2) is 0 Å². The maximum atomic E-state index is 3.55. The standard InChI is InChI=1S/C7H8.C6H10.C3H6.C2H4/c1-2-7-4-3-6(1)5-7;1-3-5-6-4-2;1-3-2;1-2/h1-4,6-7H,5H2;3-4,6H,1,5H2,2H3;3H,1H2,2H3;1-2H2/b;6-4+;;. The zero-order chi connectivity index (χ0) is 14.2. The van der Waals surface area contributed by atoms with Crippen LogP contribution in [0.2, 0.25) is 0 Å². The summed E-state index contributed by atoms with van der Waals surface area (Å²) in [6, 6.07) is 0. The van der Waals surface area contributed by atoms with Crippen LogP contribution in [0.15, 0.2) is 74.9 Å². The quantitative estimate of drug-likeness (QED) is 0.532. The second-order valence-electron chi connectivity index (χ2n) is 3.83. The number of rotatable bonds is 2. The Bertz CT molecular complexity index is 250. The Labute approximate surface area is 114 Å². The molecule has 0 aromatic carbocycles. The van der Waals surface area contributed by atoms with Gasteiger partial charge in [-0.1, -0.05) is 48.6 Å². The molecule has 0 heteroatoms. The van der Waals surface area contributed by atoms with E-state index in [4.69, 9.17) is 0 Å². The van der Waals surface area contributed by atoms with Crippen molar-refractivity contribution in [2.45, 2.75) is 26.7 Å². The van der Waals surface area contributed by atoms with Gasteiger partial charge in [0.25, 0.3) is 0 Å². The topological polar surface area (TPSA) is 0 Å². The summed E-state index contributed by atoms with van der Waals surface area (Å²) in [5.74, 6) is 1.62. The Morgan fingerprint density at radius 2 is 1.39 bits per heavy atom. The van der Waals surface area contributed by atoms with E-state index < -0.39 is 0 Å². The van der Waals surface area contributed by atoms with E-state index in [1.165, 1.54) is 6.42 Å². The van der Waals surface area contributed by atoms with Gasteiger partial charge in [0.2, 0.25) is 0 Å². The van der Waals surface area contributed by atoms with Gasteiger partial charge >= 0.3 is 0 Å². The van der Waals surface area contributed by atoms with Crippen LogP contribution in [0, 0.1) is 11.8 Å². The molecule has 2 aliphatic carbocycles. The lowest BCUT2D eigenvalue weighted by molar-refractivity contribution is 0.732. The molecule has 0 nitrogen and oxygen atoms in total. The van der Waals surface area contributed by atoms with Crippen LogP contribution in [0.4, 0.5) is 0 Å². The summed E-state index contributed by atoms with van der Waals surface area (Å²) in [4.78, 5) is 0. The van der Waals surface area contributed by atoms with Crippen LogP contribution in [-0.2, 0) is 0 Å². The first kappa shape index (κ1) is 18.8. The summed E-state index contributed by atoms with van der Waals surface area (Å²) in [6.45, 7) is 16.8. The molecule has 0 radical (unpaired) electrons. The molecular formula is C18H28. The molecule has 0 saturated carbocycles. The van der Waals surface area contributed by atoms with Crippen LogP contribution >= 0.6 is 0 Å². The van der Waals surface area contributed by atoms with Crippen molar-refractivity contribution in [2.24, 2.45) is 11.8 Å². The molecule has 0 aromatic heterocycles. The van der Waals surface area contributed by atoms with Crippen LogP contribution in [0.3, 0.4) is 0 Å². The van der Waals surface area contributed by atoms with Crippen molar-refractivity contribution in [3.8, 4) is 0 Å². The number of allylic oxidation sites excluding steroid dienone is 8. The van der Waals surface area contributed by atoms with Gasteiger partial charge in [0, 0.05) is 0 Å². The molecular weight excluding hydrogens is 216 g/mol. The second kappa shape index (κ2) is 15.4. The summed E-state index contributed by atoms with van der Waals surface area (Å²) >= 11 is 0. The molecule has 0 fully saturated rings. The van der Waals surface area contributed by atoms with Gasteiger partial charge in [-0.2, -0.15) is 0 Å². The summed E-state index contributed by atoms with van der Waals surface area (Å²) in [6.07, 6.45) is 19.2. The lowest BCUT2D eigenvalue weighted by Crippen LogP contribution is -1.79. The van der Waals surface area contributed by atoms with E-state index >= 15 is 0 Å². The van der Waals surface area contributed by atoms with E-state index in [1.54, 1.807) is 6.08 Å². The fourth-order valence-corrected chi connectivity index (χ4v) is 1.56. The molecule has 0 N–H and O–H groups in total. The normalized spacial score (nSPS) is 21.0. The highest BCUT2D eigenvalue weighted by atomic mass is 14.2. The molecule has 0 atom stereocenters. The molecule has 0 aromatic rings. The van der Waals surface area contributed by atoms with Crippen molar-refractivity contribution < 1.29 is 0 Å². The predicted octanol–water partition coefficient (Wildman–Crippen LogP) is 5.88. The zero-order valence-corrected chi connectivity index (χ0v) is 12.0. The molecule has 0 unspecified atom stereocenters. The van der Waals surface area contributed by atoms with Crippen LogP contribution in [0.25, 0.3) is 0 Å². The average Bonchev–Trinajstić information content (AvgIpc) is 3.05. The van der Waals surface area contributed by atoms with E-state index in [-0.39, 0.29) is 0 Å². The van der Waals surface area contributed by atoms with Crippen LogP contribution in [-0.4, -0.2) is 0 Å². The average molecular weight is 244 g/mol. The summed E-state index contributed by atoms with van der Waals surface area (Å²) in [5, 5.41) is 0. The smallest absolute Gasteiger partial charge is 0.00445 e. The van der Waals surface area contributed by atoms with E-state index in [1.807, 2.05) is 26.0 Å². The minimum atomic E-state index is 0.810. The Morgan fingerprint density at radius 3 is 1.50 bits per heavy atom. The van der Waals surface area contributed by atoms with Gasteiger partial charge < -0.3 is 0 Å². The van der Waals surface area contributed by atoms with Crippen molar-refractivity contribution in [1.82, 2.24) is 0 Å². The largest absolute Gasteiger partial charge is 0.106 e. The van der Waals surface area contributed by atoms with Crippen LogP contribution < -0.4 is 0 Å². The monoisotopic (exact) mass is 244 g/mol. The summed E-state index contributed by atoms with van der Waals surface area (Å²) in [7, 11) is 0. The van der Waals surface area contributed by atoms with E-state index in [0.29, 0.717) is 0 Å². The highest BCUT2D eigenvalue weighted by Crippen LogP contribution is 2.31. The minimum Gasteiger partial charge on any atom is -0.106 e. The fourth-order valence-electron chi connectivity index (χ4n) is 1.56. The van der Waals surface area contributed by atoms with Crippen LogP contribution in [0.1, 0.15) is 26.7 Å². The molecule has 0 amide bonds. The first-order valence-electron chi connectivity index (χ1n) is 6.44. The fraction of sp³-hybridized carbons (Fsp3) is 0.333. The third-order valence-electron chi connectivity index (χ3n) is 2.29. The minimum absolute atomic E-state index is 0.810. The Balaban J connectivity index is 0. The molecule has 18 heavy (non-hydrogen) atoms. The number of fused-ring (bicyclic) bond motifs is 2. The van der Waals surface area contributed by atoms with Crippen molar-refractivity contribution in [3.63, 3.8) is 0 Å². The van der Waals surface area contributed by atoms with Gasteiger partial charge in [-0.15, -0.1) is 26.3 Å². The third kappa shape index (κ3) is 10.9. The summed E-state index contributed by atoms with van der Waals surface area (Å²) < 4.78 is 0. The van der Waals surface area contributed by atoms with Gasteiger partial charge in [-0.25, -0.2) is 0 Å². The van der Waals surface area contributed by atoms with Crippen molar-refractivity contribution in [1.29, 1.82) is 0 Å². The van der Waals surface area contributed by atoms with Gasteiger partial charge in [-0.05, 0) is 38.5 Å². The van der Waals surface area contributed by atoms with E-state index in [2.05, 4.69) is 56.7 Å². The Morgan fingerprint density at radius 1 is 1.00 bits per heavy atom. The maximum absolute atomic E-state index is 3.55. The van der Waals surface area contributed by atoms with E-state index in [9.17, 15) is 0 Å². The number of hydrogen-bond donors (Lipinski definition) is 0. The summed E-state index contributed by atoms with van der Waals surface area (Å²) in [5.41, 5.74) is 0. The third-order valence-corrected chi connectivity index (χ3v) is 2.29. The Kier molecular flexibility index (Phi) is 16.1. The Hall–Kier alpha value is -1.56. The molecule has 100 valence electrons. The van der Waals surface area contributed by atoms with Gasteiger partial charge in [-0.3, -0.25) is 0 Å². The molecule has 0 saturated heterocycles. The molecule has 0 heterocycles. The van der Waals surface area contributed by atoms with Crippen LogP contribution in [0.5, 0.6) is 0 Å². The van der Waals surface area contributed by atoms with E-state index in [0.717, 1.165) is 18.3 Å². The zero-order valence-electron chi connectivity index (χ0n) is 12.0.